The third kappa shape index (κ3) is 2.93. The van der Waals surface area contributed by atoms with Gasteiger partial charge in [-0.15, -0.1) is 0 Å². The van der Waals surface area contributed by atoms with E-state index in [4.69, 9.17) is 5.11 Å². The van der Waals surface area contributed by atoms with E-state index in [0.717, 1.165) is 19.3 Å². The Morgan fingerprint density at radius 2 is 2.10 bits per heavy atom. The van der Waals surface area contributed by atoms with E-state index in [1.54, 1.807) is 6.07 Å². The van der Waals surface area contributed by atoms with Crippen LogP contribution in [-0.2, 0) is 29.4 Å². The zero-order valence-electron chi connectivity index (χ0n) is 11.5. The number of fused-ring (bicyclic) bond motifs is 1. The van der Waals surface area contributed by atoms with Crippen LogP contribution in [0.2, 0.25) is 0 Å². The number of hydrogen-bond acceptors (Lipinski definition) is 4. The van der Waals surface area contributed by atoms with E-state index >= 15 is 0 Å². The van der Waals surface area contributed by atoms with Crippen molar-refractivity contribution in [3.8, 4) is 0 Å². The van der Waals surface area contributed by atoms with Crippen LogP contribution < -0.4 is 4.72 Å². The Bertz CT molecular complexity index is 753. The number of nitrogens with one attached hydrogen (secondary N) is 1. The van der Waals surface area contributed by atoms with Crippen molar-refractivity contribution in [3.63, 3.8) is 0 Å². The molecule has 0 atom stereocenters. The zero-order chi connectivity index (χ0) is 14.9. The topological polar surface area (TPSA) is 84.2 Å². The van der Waals surface area contributed by atoms with E-state index in [1.807, 2.05) is 12.1 Å². The van der Waals surface area contributed by atoms with Crippen LogP contribution in [0.25, 0.3) is 0 Å². The molecule has 112 valence electrons. The van der Waals surface area contributed by atoms with Gasteiger partial charge in [0.2, 0.25) is 0 Å². The van der Waals surface area contributed by atoms with Crippen molar-refractivity contribution in [2.45, 2.75) is 30.7 Å². The van der Waals surface area contributed by atoms with Crippen molar-refractivity contribution in [1.29, 1.82) is 0 Å². The van der Waals surface area contributed by atoms with Crippen molar-refractivity contribution in [2.24, 2.45) is 0 Å². The Hall–Kier alpha value is -1.86. The van der Waals surface area contributed by atoms with E-state index in [-0.39, 0.29) is 18.0 Å². The average molecular weight is 307 g/mol. The molecule has 2 aromatic rings. The molecule has 0 bridgehead atoms. The zero-order valence-corrected chi connectivity index (χ0v) is 12.3. The van der Waals surface area contributed by atoms with Crippen LogP contribution in [0.5, 0.6) is 0 Å². The SMILES string of the molecule is O=S(=O)(Nc1ccc2c(c1)CCC2)c1cnn(CCO)c1. The predicted molar refractivity (Wildman–Crippen MR) is 78.6 cm³/mol. The molecule has 0 aliphatic heterocycles. The smallest absolute Gasteiger partial charge is 0.265 e. The van der Waals surface area contributed by atoms with E-state index in [9.17, 15) is 8.42 Å². The van der Waals surface area contributed by atoms with Gasteiger partial charge in [0.05, 0.1) is 19.3 Å². The van der Waals surface area contributed by atoms with E-state index in [0.29, 0.717) is 5.69 Å². The lowest BCUT2D eigenvalue weighted by atomic mass is 10.1. The summed E-state index contributed by atoms with van der Waals surface area (Å²) in [7, 11) is -3.64. The molecule has 1 aromatic carbocycles. The number of nitrogens with zero attached hydrogens (tertiary/aromatic N) is 2. The summed E-state index contributed by atoms with van der Waals surface area (Å²) in [5, 5.41) is 12.7. The quantitative estimate of drug-likeness (QED) is 0.868. The number of aliphatic hydroxyl groups excluding tert-OH is 1. The molecule has 0 fully saturated rings. The number of benzene rings is 1. The lowest BCUT2D eigenvalue weighted by Crippen LogP contribution is -2.12. The first-order valence-corrected chi connectivity index (χ1v) is 8.35. The number of anilines is 1. The molecule has 1 heterocycles. The predicted octanol–water partition coefficient (Wildman–Crippen LogP) is 1.16. The Kier molecular flexibility index (Phi) is 3.69. The fourth-order valence-electron chi connectivity index (χ4n) is 2.56. The molecule has 2 N–H and O–H groups in total. The van der Waals surface area contributed by atoms with Crippen molar-refractivity contribution in [3.05, 3.63) is 41.7 Å². The molecule has 3 rings (SSSR count). The van der Waals surface area contributed by atoms with Gasteiger partial charge in [-0.1, -0.05) is 6.07 Å². The first-order chi connectivity index (χ1) is 10.1. The minimum atomic E-state index is -3.64. The molecule has 6 nitrogen and oxygen atoms in total. The van der Waals surface area contributed by atoms with Gasteiger partial charge in [-0.05, 0) is 42.5 Å². The highest BCUT2D eigenvalue weighted by molar-refractivity contribution is 7.92. The highest BCUT2D eigenvalue weighted by Gasteiger charge is 2.18. The Morgan fingerprint density at radius 1 is 1.29 bits per heavy atom. The second kappa shape index (κ2) is 5.50. The first kappa shape index (κ1) is 14.1. The van der Waals surface area contributed by atoms with Gasteiger partial charge in [0, 0.05) is 11.9 Å². The fourth-order valence-corrected chi connectivity index (χ4v) is 3.56. The van der Waals surface area contributed by atoms with E-state index in [1.165, 1.54) is 28.2 Å². The van der Waals surface area contributed by atoms with Crippen LogP contribution in [0.1, 0.15) is 17.5 Å². The van der Waals surface area contributed by atoms with Gasteiger partial charge < -0.3 is 5.11 Å². The van der Waals surface area contributed by atoms with E-state index in [2.05, 4.69) is 9.82 Å². The average Bonchev–Trinajstić information content (AvgIpc) is 3.07. The minimum Gasteiger partial charge on any atom is -0.394 e. The highest BCUT2D eigenvalue weighted by atomic mass is 32.2. The van der Waals surface area contributed by atoms with Gasteiger partial charge in [0.25, 0.3) is 10.0 Å². The molecule has 7 heteroatoms. The van der Waals surface area contributed by atoms with Crippen molar-refractivity contribution < 1.29 is 13.5 Å². The number of aromatic nitrogens is 2. The summed E-state index contributed by atoms with van der Waals surface area (Å²) in [4.78, 5) is 0.0939. The Labute approximate surface area is 123 Å². The van der Waals surface area contributed by atoms with Crippen LogP contribution in [0.4, 0.5) is 5.69 Å². The van der Waals surface area contributed by atoms with Gasteiger partial charge in [-0.25, -0.2) is 8.42 Å². The number of rotatable bonds is 5. The summed E-state index contributed by atoms with van der Waals surface area (Å²) in [6.45, 7) is 0.188. The number of sulfonamides is 1. The van der Waals surface area contributed by atoms with E-state index < -0.39 is 10.0 Å². The van der Waals surface area contributed by atoms with Crippen molar-refractivity contribution in [2.75, 3.05) is 11.3 Å². The maximum atomic E-state index is 12.3. The van der Waals surface area contributed by atoms with Crippen LogP contribution in [0.15, 0.2) is 35.5 Å². The molecule has 0 saturated heterocycles. The lowest BCUT2D eigenvalue weighted by molar-refractivity contribution is 0.269. The molecule has 0 radical (unpaired) electrons. The van der Waals surface area contributed by atoms with Gasteiger partial charge in [0.15, 0.2) is 0 Å². The molecule has 0 amide bonds. The Balaban J connectivity index is 1.82. The third-order valence-electron chi connectivity index (χ3n) is 3.60. The van der Waals surface area contributed by atoms with Gasteiger partial charge >= 0.3 is 0 Å². The van der Waals surface area contributed by atoms with Gasteiger partial charge in [-0.2, -0.15) is 5.10 Å². The van der Waals surface area contributed by atoms with Crippen molar-refractivity contribution >= 4 is 15.7 Å². The first-order valence-electron chi connectivity index (χ1n) is 6.86. The van der Waals surface area contributed by atoms with Crippen LogP contribution >= 0.6 is 0 Å². The van der Waals surface area contributed by atoms with Gasteiger partial charge in [0.1, 0.15) is 4.90 Å². The standard InChI is InChI=1S/C14H17N3O3S/c18-7-6-17-10-14(9-15-17)21(19,20)16-13-5-4-11-2-1-3-12(11)8-13/h4-5,8-10,16,18H,1-3,6-7H2. The number of aryl methyl sites for hydroxylation is 2. The highest BCUT2D eigenvalue weighted by Crippen LogP contribution is 2.26. The fraction of sp³-hybridized carbons (Fsp3) is 0.357. The molecular weight excluding hydrogens is 290 g/mol. The molecule has 0 unspecified atom stereocenters. The Morgan fingerprint density at radius 3 is 2.90 bits per heavy atom. The number of hydrogen-bond donors (Lipinski definition) is 2. The molecule has 1 aromatic heterocycles. The minimum absolute atomic E-state index is 0.0839. The molecule has 0 saturated carbocycles. The van der Waals surface area contributed by atoms with Crippen molar-refractivity contribution in [1.82, 2.24) is 9.78 Å². The summed E-state index contributed by atoms with van der Waals surface area (Å²) in [6, 6.07) is 5.67. The molecule has 1 aliphatic rings. The van der Waals surface area contributed by atoms with Crippen LogP contribution in [-0.4, -0.2) is 29.9 Å². The third-order valence-corrected chi connectivity index (χ3v) is 4.94. The normalized spacial score (nSPS) is 14.1. The summed E-state index contributed by atoms with van der Waals surface area (Å²) in [5.74, 6) is 0. The van der Waals surface area contributed by atoms with Crippen LogP contribution in [0, 0.1) is 0 Å². The molecule has 0 spiro atoms. The summed E-state index contributed by atoms with van der Waals surface area (Å²) in [6.07, 6.45) is 5.88. The second-order valence-corrected chi connectivity index (χ2v) is 6.79. The second-order valence-electron chi connectivity index (χ2n) is 5.11. The molecule has 21 heavy (non-hydrogen) atoms. The monoisotopic (exact) mass is 307 g/mol. The summed E-state index contributed by atoms with van der Waals surface area (Å²) in [5.41, 5.74) is 3.09. The number of aliphatic hydroxyl groups is 1. The summed E-state index contributed by atoms with van der Waals surface area (Å²) < 4.78 is 28.6. The van der Waals surface area contributed by atoms with Gasteiger partial charge in [-0.3, -0.25) is 9.40 Å². The summed E-state index contributed by atoms with van der Waals surface area (Å²) >= 11 is 0. The maximum Gasteiger partial charge on any atom is 0.265 e. The lowest BCUT2D eigenvalue weighted by Gasteiger charge is -2.08. The molecular formula is C14H17N3O3S. The largest absolute Gasteiger partial charge is 0.394 e. The maximum absolute atomic E-state index is 12.3. The van der Waals surface area contributed by atoms with Crippen LogP contribution in [0.3, 0.4) is 0 Å². The molecule has 1 aliphatic carbocycles.